The second-order valence-corrected chi connectivity index (χ2v) is 7.68. The summed E-state index contributed by atoms with van der Waals surface area (Å²) < 4.78 is 0.241. The zero-order valence-electron chi connectivity index (χ0n) is 10.8. The Balaban J connectivity index is 1.95. The Morgan fingerprint density at radius 1 is 1.24 bits per heavy atom. The number of carbonyl (C=O) groups is 1. The fourth-order valence-corrected chi connectivity index (χ4v) is 2.76. The predicted molar refractivity (Wildman–Crippen MR) is 73.5 cm³/mol. The van der Waals surface area contributed by atoms with Crippen LogP contribution in [0.3, 0.4) is 0 Å². The highest BCUT2D eigenvalue weighted by Crippen LogP contribution is 2.33. The summed E-state index contributed by atoms with van der Waals surface area (Å²) >= 11 is 1.86. The van der Waals surface area contributed by atoms with Gasteiger partial charge in [-0.2, -0.15) is 0 Å². The summed E-state index contributed by atoms with van der Waals surface area (Å²) in [5.41, 5.74) is 1.15. The molecule has 1 aliphatic carbocycles. The summed E-state index contributed by atoms with van der Waals surface area (Å²) in [4.78, 5) is 13.0. The summed E-state index contributed by atoms with van der Waals surface area (Å²) in [6.07, 6.45) is 2.83. The summed E-state index contributed by atoms with van der Waals surface area (Å²) in [5.74, 6) is 0.792. The normalized spacial score (nSPS) is 15.9. The fraction of sp³-hybridized carbons (Fsp3) is 0.533. The van der Waals surface area contributed by atoms with E-state index in [1.54, 1.807) is 0 Å². The van der Waals surface area contributed by atoms with E-state index < -0.39 is 0 Å². The lowest BCUT2D eigenvalue weighted by atomic mass is 10.1. The SMILES string of the molecule is CC(C)(C)Sc1ccc(CC(=O)C2CC2)cc1. The number of carbonyl (C=O) groups excluding carboxylic acids is 1. The van der Waals surface area contributed by atoms with Crippen molar-refractivity contribution < 1.29 is 4.79 Å². The first-order valence-electron chi connectivity index (χ1n) is 6.25. The van der Waals surface area contributed by atoms with Crippen LogP contribution in [0.15, 0.2) is 29.2 Å². The lowest BCUT2D eigenvalue weighted by molar-refractivity contribution is -0.119. The van der Waals surface area contributed by atoms with Gasteiger partial charge in [-0.15, -0.1) is 11.8 Å². The molecule has 0 saturated heterocycles. The number of hydrogen-bond acceptors (Lipinski definition) is 2. The number of rotatable bonds is 4. The van der Waals surface area contributed by atoms with Gasteiger partial charge >= 0.3 is 0 Å². The summed E-state index contributed by atoms with van der Waals surface area (Å²) in [6, 6.07) is 8.44. The van der Waals surface area contributed by atoms with Gasteiger partial charge in [0.05, 0.1) is 0 Å². The molecule has 0 amide bonds. The van der Waals surface area contributed by atoms with Crippen molar-refractivity contribution in [3.63, 3.8) is 0 Å². The van der Waals surface area contributed by atoms with Crippen LogP contribution >= 0.6 is 11.8 Å². The molecule has 0 bridgehead atoms. The molecule has 2 heteroatoms. The Bertz CT molecular complexity index is 396. The van der Waals surface area contributed by atoms with Gasteiger partial charge in [-0.3, -0.25) is 4.79 Å². The third kappa shape index (κ3) is 4.19. The van der Waals surface area contributed by atoms with E-state index in [9.17, 15) is 4.79 Å². The topological polar surface area (TPSA) is 17.1 Å². The first-order valence-corrected chi connectivity index (χ1v) is 7.06. The van der Waals surface area contributed by atoms with Crippen molar-refractivity contribution in [1.29, 1.82) is 0 Å². The van der Waals surface area contributed by atoms with E-state index in [2.05, 4.69) is 45.0 Å². The van der Waals surface area contributed by atoms with Gasteiger partial charge in [0.2, 0.25) is 0 Å². The van der Waals surface area contributed by atoms with Crippen molar-refractivity contribution in [3.8, 4) is 0 Å². The van der Waals surface area contributed by atoms with Crippen LogP contribution in [0, 0.1) is 5.92 Å². The molecule has 17 heavy (non-hydrogen) atoms. The van der Waals surface area contributed by atoms with Crippen LogP contribution in [0.4, 0.5) is 0 Å². The van der Waals surface area contributed by atoms with Crippen LogP contribution in [-0.4, -0.2) is 10.5 Å². The molecule has 1 fully saturated rings. The maximum atomic E-state index is 11.7. The van der Waals surface area contributed by atoms with Gasteiger partial charge < -0.3 is 0 Å². The fourth-order valence-electron chi connectivity index (χ4n) is 1.78. The van der Waals surface area contributed by atoms with E-state index in [-0.39, 0.29) is 4.75 Å². The molecule has 0 spiro atoms. The minimum Gasteiger partial charge on any atom is -0.299 e. The van der Waals surface area contributed by atoms with Gasteiger partial charge in [0.1, 0.15) is 5.78 Å². The number of benzene rings is 1. The number of thioether (sulfide) groups is 1. The molecule has 0 N–H and O–H groups in total. The summed E-state index contributed by atoms with van der Waals surface area (Å²) in [6.45, 7) is 6.63. The molecule has 1 nitrogen and oxygen atoms in total. The quantitative estimate of drug-likeness (QED) is 0.746. The minimum absolute atomic E-state index is 0.241. The van der Waals surface area contributed by atoms with Crippen molar-refractivity contribution in [2.24, 2.45) is 5.92 Å². The predicted octanol–water partition coefficient (Wildman–Crippen LogP) is 4.10. The molecular weight excluding hydrogens is 228 g/mol. The Morgan fingerprint density at radius 2 is 1.82 bits per heavy atom. The smallest absolute Gasteiger partial charge is 0.140 e. The zero-order valence-corrected chi connectivity index (χ0v) is 11.6. The Labute approximate surface area is 108 Å². The van der Waals surface area contributed by atoms with Crippen molar-refractivity contribution in [2.75, 3.05) is 0 Å². The average Bonchev–Trinajstić information content (AvgIpc) is 3.02. The molecule has 1 aliphatic rings. The van der Waals surface area contributed by atoms with Gasteiger partial charge in [0.25, 0.3) is 0 Å². The van der Waals surface area contributed by atoms with E-state index in [1.165, 1.54) is 4.90 Å². The third-order valence-electron chi connectivity index (χ3n) is 2.76. The molecule has 0 aliphatic heterocycles. The molecule has 0 radical (unpaired) electrons. The van der Waals surface area contributed by atoms with Crippen LogP contribution in [0.2, 0.25) is 0 Å². The van der Waals surface area contributed by atoms with Gasteiger partial charge in [-0.05, 0) is 30.5 Å². The third-order valence-corrected chi connectivity index (χ3v) is 3.88. The zero-order chi connectivity index (χ0) is 12.5. The van der Waals surface area contributed by atoms with Crippen LogP contribution < -0.4 is 0 Å². The monoisotopic (exact) mass is 248 g/mol. The molecular formula is C15H20OS. The van der Waals surface area contributed by atoms with Gasteiger partial charge in [0.15, 0.2) is 0 Å². The van der Waals surface area contributed by atoms with Crippen LogP contribution in [0.1, 0.15) is 39.2 Å². The summed E-state index contributed by atoms with van der Waals surface area (Å²) in [5, 5.41) is 0. The standard InChI is InChI=1S/C15H20OS/c1-15(2,3)17-13-8-4-11(5-9-13)10-14(16)12-6-7-12/h4-5,8-9,12H,6-7,10H2,1-3H3. The second kappa shape index (κ2) is 4.85. The molecule has 0 unspecified atom stereocenters. The Morgan fingerprint density at radius 3 is 2.29 bits per heavy atom. The molecule has 92 valence electrons. The molecule has 0 atom stereocenters. The van der Waals surface area contributed by atoms with Gasteiger partial charge in [-0.1, -0.05) is 32.9 Å². The highest BCUT2D eigenvalue weighted by molar-refractivity contribution is 8.00. The number of Topliss-reactive ketones (excluding diaryl/α,β-unsaturated/α-hetero) is 1. The first kappa shape index (κ1) is 12.7. The van der Waals surface area contributed by atoms with Crippen LogP contribution in [0.5, 0.6) is 0 Å². The van der Waals surface area contributed by atoms with Crippen molar-refractivity contribution in [3.05, 3.63) is 29.8 Å². The molecule has 0 aromatic heterocycles. The van der Waals surface area contributed by atoms with Crippen molar-refractivity contribution in [2.45, 2.75) is 49.7 Å². The molecule has 1 aromatic carbocycles. The molecule has 0 heterocycles. The highest BCUT2D eigenvalue weighted by atomic mass is 32.2. The van der Waals surface area contributed by atoms with Gasteiger partial charge in [0, 0.05) is 22.0 Å². The maximum Gasteiger partial charge on any atom is 0.140 e. The number of hydrogen-bond donors (Lipinski definition) is 0. The van der Waals surface area contributed by atoms with Crippen LogP contribution in [-0.2, 0) is 11.2 Å². The molecule has 2 rings (SSSR count). The molecule has 1 saturated carbocycles. The highest BCUT2D eigenvalue weighted by Gasteiger charge is 2.28. The van der Waals surface area contributed by atoms with Crippen molar-refractivity contribution in [1.82, 2.24) is 0 Å². The first-order chi connectivity index (χ1) is 7.94. The Hall–Kier alpha value is -0.760. The van der Waals surface area contributed by atoms with Crippen LogP contribution in [0.25, 0.3) is 0 Å². The lowest BCUT2D eigenvalue weighted by Gasteiger charge is -2.17. The maximum absolute atomic E-state index is 11.7. The second-order valence-electron chi connectivity index (χ2n) is 5.78. The summed E-state index contributed by atoms with van der Waals surface area (Å²) in [7, 11) is 0. The Kier molecular flexibility index (Phi) is 3.62. The van der Waals surface area contributed by atoms with E-state index in [0.29, 0.717) is 18.1 Å². The molecule has 1 aromatic rings. The lowest BCUT2D eigenvalue weighted by Crippen LogP contribution is -2.07. The van der Waals surface area contributed by atoms with Crippen molar-refractivity contribution >= 4 is 17.5 Å². The van der Waals surface area contributed by atoms with E-state index in [1.807, 2.05) is 11.8 Å². The van der Waals surface area contributed by atoms with E-state index >= 15 is 0 Å². The number of ketones is 1. The van der Waals surface area contributed by atoms with E-state index in [0.717, 1.165) is 18.4 Å². The average molecular weight is 248 g/mol. The van der Waals surface area contributed by atoms with Gasteiger partial charge in [-0.25, -0.2) is 0 Å². The minimum atomic E-state index is 0.241. The largest absolute Gasteiger partial charge is 0.299 e. The van der Waals surface area contributed by atoms with E-state index in [4.69, 9.17) is 0 Å².